The smallest absolute Gasteiger partial charge is 0.0633 e. The molecule has 4 heteroatoms. The van der Waals surface area contributed by atoms with Crippen molar-refractivity contribution in [1.29, 1.82) is 0 Å². The molecule has 3 rings (SSSR count). The Morgan fingerprint density at radius 3 is 1.91 bits per heavy atom. The number of rotatable bonds is 2. The SMILES string of the molecule is Nc1ccc(-c2c(-c3ccccc3)ccc(N)c2N)cc1N. The van der Waals surface area contributed by atoms with Crippen molar-refractivity contribution in [3.8, 4) is 22.3 Å². The summed E-state index contributed by atoms with van der Waals surface area (Å²) in [6, 6.07) is 19.3. The molecule has 0 spiro atoms. The zero-order valence-electron chi connectivity index (χ0n) is 12.1. The predicted octanol–water partition coefficient (Wildman–Crippen LogP) is 3.35. The first-order valence-electron chi connectivity index (χ1n) is 6.96. The second-order valence-corrected chi connectivity index (χ2v) is 5.20. The van der Waals surface area contributed by atoms with Gasteiger partial charge in [0.2, 0.25) is 0 Å². The minimum Gasteiger partial charge on any atom is -0.397 e. The van der Waals surface area contributed by atoms with Gasteiger partial charge in [0, 0.05) is 5.56 Å². The molecule has 110 valence electrons. The van der Waals surface area contributed by atoms with Gasteiger partial charge < -0.3 is 22.9 Å². The monoisotopic (exact) mass is 290 g/mol. The van der Waals surface area contributed by atoms with E-state index >= 15 is 0 Å². The Kier molecular flexibility index (Phi) is 3.35. The third-order valence-electron chi connectivity index (χ3n) is 3.74. The lowest BCUT2D eigenvalue weighted by molar-refractivity contribution is 1.57. The van der Waals surface area contributed by atoms with E-state index in [-0.39, 0.29) is 0 Å². The van der Waals surface area contributed by atoms with Gasteiger partial charge in [-0.05, 0) is 34.9 Å². The highest BCUT2D eigenvalue weighted by molar-refractivity contribution is 5.96. The van der Waals surface area contributed by atoms with E-state index in [4.69, 9.17) is 22.9 Å². The van der Waals surface area contributed by atoms with Crippen molar-refractivity contribution in [2.45, 2.75) is 0 Å². The Morgan fingerprint density at radius 2 is 1.23 bits per heavy atom. The van der Waals surface area contributed by atoms with Crippen LogP contribution < -0.4 is 22.9 Å². The van der Waals surface area contributed by atoms with Crippen molar-refractivity contribution < 1.29 is 0 Å². The molecule has 0 aliphatic heterocycles. The van der Waals surface area contributed by atoms with Crippen LogP contribution in [0, 0.1) is 0 Å². The maximum atomic E-state index is 6.24. The first kappa shape index (κ1) is 13.8. The van der Waals surface area contributed by atoms with Gasteiger partial charge in [0.1, 0.15) is 0 Å². The Morgan fingerprint density at radius 1 is 0.545 bits per heavy atom. The normalized spacial score (nSPS) is 10.5. The van der Waals surface area contributed by atoms with Gasteiger partial charge in [-0.2, -0.15) is 0 Å². The summed E-state index contributed by atoms with van der Waals surface area (Å²) >= 11 is 0. The lowest BCUT2D eigenvalue weighted by atomic mass is 9.92. The number of anilines is 4. The summed E-state index contributed by atoms with van der Waals surface area (Å²) in [5.41, 5.74) is 30.0. The molecule has 8 N–H and O–H groups in total. The van der Waals surface area contributed by atoms with Crippen LogP contribution in [0.5, 0.6) is 0 Å². The molecular weight excluding hydrogens is 272 g/mol. The fourth-order valence-electron chi connectivity index (χ4n) is 2.54. The van der Waals surface area contributed by atoms with Gasteiger partial charge in [-0.15, -0.1) is 0 Å². The van der Waals surface area contributed by atoms with E-state index in [2.05, 4.69) is 0 Å². The molecule has 0 saturated carbocycles. The third-order valence-corrected chi connectivity index (χ3v) is 3.74. The van der Waals surface area contributed by atoms with Crippen LogP contribution >= 0.6 is 0 Å². The Bertz CT molecular complexity index is 826. The highest BCUT2D eigenvalue weighted by Crippen LogP contribution is 2.40. The highest BCUT2D eigenvalue weighted by atomic mass is 14.7. The summed E-state index contributed by atoms with van der Waals surface area (Å²) in [7, 11) is 0. The Hall–Kier alpha value is -3.14. The van der Waals surface area contributed by atoms with Crippen LogP contribution in [0.3, 0.4) is 0 Å². The maximum absolute atomic E-state index is 6.24. The van der Waals surface area contributed by atoms with Crippen molar-refractivity contribution in [2.24, 2.45) is 0 Å². The van der Waals surface area contributed by atoms with Gasteiger partial charge in [0.05, 0.1) is 22.7 Å². The van der Waals surface area contributed by atoms with Gasteiger partial charge in [-0.3, -0.25) is 0 Å². The lowest BCUT2D eigenvalue weighted by Gasteiger charge is -2.16. The highest BCUT2D eigenvalue weighted by Gasteiger charge is 2.14. The van der Waals surface area contributed by atoms with Crippen LogP contribution in [0.1, 0.15) is 0 Å². The topological polar surface area (TPSA) is 104 Å². The molecule has 0 aliphatic rings. The largest absolute Gasteiger partial charge is 0.397 e. The zero-order valence-corrected chi connectivity index (χ0v) is 12.1. The van der Waals surface area contributed by atoms with Crippen molar-refractivity contribution in [1.82, 2.24) is 0 Å². The van der Waals surface area contributed by atoms with Gasteiger partial charge in [-0.25, -0.2) is 0 Å². The van der Waals surface area contributed by atoms with E-state index in [1.165, 1.54) is 0 Å². The van der Waals surface area contributed by atoms with Gasteiger partial charge in [0.15, 0.2) is 0 Å². The molecular formula is C18H18N4. The number of nitrogen functional groups attached to an aromatic ring is 4. The van der Waals surface area contributed by atoms with Crippen LogP contribution in [0.15, 0.2) is 60.7 Å². The second-order valence-electron chi connectivity index (χ2n) is 5.20. The molecule has 3 aromatic carbocycles. The zero-order chi connectivity index (χ0) is 15.7. The molecule has 0 saturated heterocycles. The van der Waals surface area contributed by atoms with Gasteiger partial charge in [0.25, 0.3) is 0 Å². The maximum Gasteiger partial charge on any atom is 0.0633 e. The molecule has 22 heavy (non-hydrogen) atoms. The average Bonchev–Trinajstić information content (AvgIpc) is 2.53. The molecule has 0 amide bonds. The van der Waals surface area contributed by atoms with Crippen LogP contribution in [0.25, 0.3) is 22.3 Å². The molecule has 0 aromatic heterocycles. The van der Waals surface area contributed by atoms with E-state index in [0.717, 1.165) is 22.3 Å². The van der Waals surface area contributed by atoms with Crippen LogP contribution in [0.4, 0.5) is 22.7 Å². The van der Waals surface area contributed by atoms with Crippen molar-refractivity contribution in [2.75, 3.05) is 22.9 Å². The number of benzene rings is 3. The number of nitrogens with two attached hydrogens (primary N) is 4. The fraction of sp³-hybridized carbons (Fsp3) is 0. The molecule has 0 fully saturated rings. The van der Waals surface area contributed by atoms with Crippen molar-refractivity contribution in [3.63, 3.8) is 0 Å². The van der Waals surface area contributed by atoms with Crippen molar-refractivity contribution in [3.05, 3.63) is 60.7 Å². The predicted molar refractivity (Wildman–Crippen MR) is 95.0 cm³/mol. The quantitative estimate of drug-likeness (QED) is 0.543. The molecule has 0 atom stereocenters. The standard InChI is InChI=1S/C18H18N4/c19-14-8-6-12(10-16(14)21)17-13(7-9-15(20)18(17)22)11-4-2-1-3-5-11/h1-10H,19-22H2. The summed E-state index contributed by atoms with van der Waals surface area (Å²) in [6.45, 7) is 0. The van der Waals surface area contributed by atoms with E-state index in [1.807, 2.05) is 54.6 Å². The first-order chi connectivity index (χ1) is 10.6. The molecule has 0 bridgehead atoms. The minimum atomic E-state index is 0.526. The number of hydrogen-bond donors (Lipinski definition) is 4. The Balaban J connectivity index is 2.29. The molecule has 0 heterocycles. The van der Waals surface area contributed by atoms with Gasteiger partial charge in [-0.1, -0.05) is 42.5 Å². The lowest BCUT2D eigenvalue weighted by Crippen LogP contribution is -2.00. The van der Waals surface area contributed by atoms with Crippen LogP contribution in [0.2, 0.25) is 0 Å². The summed E-state index contributed by atoms with van der Waals surface area (Å²) in [6.07, 6.45) is 0. The molecule has 0 radical (unpaired) electrons. The Labute approximate surface area is 129 Å². The molecule has 0 aliphatic carbocycles. The van der Waals surface area contributed by atoms with E-state index < -0.39 is 0 Å². The average molecular weight is 290 g/mol. The van der Waals surface area contributed by atoms with E-state index in [0.29, 0.717) is 22.7 Å². The van der Waals surface area contributed by atoms with E-state index in [9.17, 15) is 0 Å². The number of hydrogen-bond acceptors (Lipinski definition) is 4. The third kappa shape index (κ3) is 2.31. The molecule has 0 unspecified atom stereocenters. The minimum absolute atomic E-state index is 0.526. The second kappa shape index (κ2) is 5.33. The van der Waals surface area contributed by atoms with E-state index in [1.54, 1.807) is 6.07 Å². The van der Waals surface area contributed by atoms with Gasteiger partial charge >= 0.3 is 0 Å². The van der Waals surface area contributed by atoms with Crippen LogP contribution in [-0.4, -0.2) is 0 Å². The summed E-state index contributed by atoms with van der Waals surface area (Å²) in [5, 5.41) is 0. The molecule has 4 nitrogen and oxygen atoms in total. The van der Waals surface area contributed by atoms with Crippen LogP contribution in [-0.2, 0) is 0 Å². The molecule has 3 aromatic rings. The fourth-order valence-corrected chi connectivity index (χ4v) is 2.54. The summed E-state index contributed by atoms with van der Waals surface area (Å²) in [5.74, 6) is 0. The summed E-state index contributed by atoms with van der Waals surface area (Å²) < 4.78 is 0. The first-order valence-corrected chi connectivity index (χ1v) is 6.96. The summed E-state index contributed by atoms with van der Waals surface area (Å²) in [4.78, 5) is 0. The van der Waals surface area contributed by atoms with Crippen molar-refractivity contribution >= 4 is 22.7 Å².